The monoisotopic (exact) mass is 349 g/mol. The van der Waals surface area contributed by atoms with E-state index in [2.05, 4.69) is 22.0 Å². The predicted molar refractivity (Wildman–Crippen MR) is 91.8 cm³/mol. The van der Waals surface area contributed by atoms with Crippen molar-refractivity contribution in [3.8, 4) is 17.4 Å². The van der Waals surface area contributed by atoms with Gasteiger partial charge in [0, 0.05) is 10.0 Å². The second-order valence-electron chi connectivity index (χ2n) is 4.74. The van der Waals surface area contributed by atoms with Crippen LogP contribution in [0.5, 0.6) is 0 Å². The Morgan fingerprint density at radius 3 is 2.36 bits per heavy atom. The minimum Gasteiger partial charge on any atom is -0.457 e. The van der Waals surface area contributed by atoms with E-state index < -0.39 is 0 Å². The van der Waals surface area contributed by atoms with Crippen LogP contribution in [-0.2, 0) is 0 Å². The van der Waals surface area contributed by atoms with Gasteiger partial charge in [-0.15, -0.1) is 0 Å². The quantitative estimate of drug-likeness (QED) is 0.562. The zero-order valence-corrected chi connectivity index (χ0v) is 13.2. The number of benzene rings is 2. The molecule has 3 heteroatoms. The summed E-state index contributed by atoms with van der Waals surface area (Å²) in [5.74, 6) is 1.45. The Morgan fingerprint density at radius 2 is 1.68 bits per heavy atom. The lowest BCUT2D eigenvalue weighted by Gasteiger charge is -1.98. The van der Waals surface area contributed by atoms with Gasteiger partial charge in [0.15, 0.2) is 0 Å². The molecule has 22 heavy (non-hydrogen) atoms. The lowest BCUT2D eigenvalue weighted by molar-refractivity contribution is 0.572. The lowest BCUT2D eigenvalue weighted by Crippen LogP contribution is -1.79. The smallest absolute Gasteiger partial charge is 0.134 e. The van der Waals surface area contributed by atoms with Crippen molar-refractivity contribution in [3.05, 3.63) is 82.5 Å². The molecule has 2 nitrogen and oxygen atoms in total. The van der Waals surface area contributed by atoms with E-state index in [4.69, 9.17) is 4.42 Å². The lowest BCUT2D eigenvalue weighted by atomic mass is 10.1. The van der Waals surface area contributed by atoms with E-state index in [0.29, 0.717) is 11.3 Å². The third-order valence-corrected chi connectivity index (χ3v) is 3.78. The Labute approximate surface area is 137 Å². The van der Waals surface area contributed by atoms with Crippen molar-refractivity contribution in [1.82, 2.24) is 0 Å². The van der Waals surface area contributed by atoms with Crippen molar-refractivity contribution >= 4 is 27.6 Å². The van der Waals surface area contributed by atoms with Crippen molar-refractivity contribution < 1.29 is 4.42 Å². The summed E-state index contributed by atoms with van der Waals surface area (Å²) < 4.78 is 6.85. The Bertz CT molecular complexity index is 839. The summed E-state index contributed by atoms with van der Waals surface area (Å²) in [6.07, 6.45) is 1.76. The van der Waals surface area contributed by atoms with Gasteiger partial charge in [0.05, 0.1) is 11.6 Å². The number of rotatable bonds is 3. The summed E-state index contributed by atoms with van der Waals surface area (Å²) >= 11 is 3.41. The van der Waals surface area contributed by atoms with E-state index in [9.17, 15) is 5.26 Å². The van der Waals surface area contributed by atoms with Crippen molar-refractivity contribution in [3.63, 3.8) is 0 Å². The molecule has 0 aliphatic heterocycles. The number of hydrogen-bond donors (Lipinski definition) is 0. The van der Waals surface area contributed by atoms with Crippen molar-refractivity contribution in [2.45, 2.75) is 0 Å². The highest BCUT2D eigenvalue weighted by molar-refractivity contribution is 9.10. The van der Waals surface area contributed by atoms with Crippen molar-refractivity contribution in [2.75, 3.05) is 0 Å². The maximum absolute atomic E-state index is 9.33. The second kappa shape index (κ2) is 6.46. The zero-order valence-electron chi connectivity index (χ0n) is 11.7. The fraction of sp³-hybridized carbons (Fsp3) is 0. The van der Waals surface area contributed by atoms with Gasteiger partial charge < -0.3 is 4.42 Å². The molecule has 0 N–H and O–H groups in total. The van der Waals surface area contributed by atoms with E-state index in [-0.39, 0.29) is 0 Å². The summed E-state index contributed by atoms with van der Waals surface area (Å²) in [5.41, 5.74) is 2.46. The molecule has 0 aliphatic carbocycles. The molecular weight excluding hydrogens is 338 g/mol. The minimum absolute atomic E-state index is 0.581. The van der Waals surface area contributed by atoms with Gasteiger partial charge in [-0.25, -0.2) is 0 Å². The number of nitriles is 1. The molecular formula is C19H12BrNO. The molecule has 0 unspecified atom stereocenters. The topological polar surface area (TPSA) is 36.9 Å². The molecule has 1 heterocycles. The maximum Gasteiger partial charge on any atom is 0.134 e. The highest BCUT2D eigenvalue weighted by atomic mass is 79.9. The van der Waals surface area contributed by atoms with Gasteiger partial charge in [0.2, 0.25) is 0 Å². The number of furan rings is 1. The summed E-state index contributed by atoms with van der Waals surface area (Å²) in [4.78, 5) is 0. The average molecular weight is 350 g/mol. The van der Waals surface area contributed by atoms with Gasteiger partial charge in [-0.2, -0.15) is 5.26 Å². The number of halogens is 1. The Hall–Kier alpha value is -2.57. The van der Waals surface area contributed by atoms with Gasteiger partial charge in [-0.1, -0.05) is 58.4 Å². The Balaban J connectivity index is 1.92. The standard InChI is InChI=1S/C19H12BrNO/c20-17-8-6-15(7-9-17)19-11-10-18(22-19)12-16(13-21)14-4-2-1-3-5-14/h1-12H/b16-12+. The Morgan fingerprint density at radius 1 is 0.955 bits per heavy atom. The van der Waals surface area contributed by atoms with Gasteiger partial charge >= 0.3 is 0 Å². The third-order valence-electron chi connectivity index (χ3n) is 3.25. The molecule has 1 aromatic heterocycles. The highest BCUT2D eigenvalue weighted by Gasteiger charge is 2.06. The third kappa shape index (κ3) is 3.19. The number of allylic oxidation sites excluding steroid dienone is 1. The molecule has 0 radical (unpaired) electrons. The van der Waals surface area contributed by atoms with Crippen molar-refractivity contribution in [2.24, 2.45) is 0 Å². The van der Waals surface area contributed by atoms with E-state index >= 15 is 0 Å². The van der Waals surface area contributed by atoms with E-state index in [0.717, 1.165) is 21.4 Å². The number of nitrogens with zero attached hydrogens (tertiary/aromatic N) is 1. The van der Waals surface area contributed by atoms with Gasteiger partial charge in [-0.3, -0.25) is 0 Å². The van der Waals surface area contributed by atoms with Crippen LogP contribution in [-0.4, -0.2) is 0 Å². The summed E-state index contributed by atoms with van der Waals surface area (Å²) in [6, 6.07) is 23.5. The molecule has 0 saturated heterocycles. The summed E-state index contributed by atoms with van der Waals surface area (Å²) in [5, 5.41) is 9.33. The van der Waals surface area contributed by atoms with Crippen LogP contribution in [0.15, 0.2) is 75.6 Å². The normalized spacial score (nSPS) is 11.2. The molecule has 2 aromatic carbocycles. The SMILES string of the molecule is N#C/C(=C\c1ccc(-c2ccc(Br)cc2)o1)c1ccccc1. The minimum atomic E-state index is 0.581. The van der Waals surface area contributed by atoms with Crippen LogP contribution in [0.4, 0.5) is 0 Å². The molecule has 0 amide bonds. The zero-order chi connectivity index (χ0) is 15.4. The van der Waals surface area contributed by atoms with Gasteiger partial charge in [0.25, 0.3) is 0 Å². The largest absolute Gasteiger partial charge is 0.457 e. The first-order valence-electron chi connectivity index (χ1n) is 6.79. The van der Waals surface area contributed by atoms with Gasteiger partial charge in [0.1, 0.15) is 11.5 Å². The van der Waals surface area contributed by atoms with Crippen LogP contribution in [0.1, 0.15) is 11.3 Å². The predicted octanol–water partition coefficient (Wildman–Crippen LogP) is 5.77. The molecule has 106 valence electrons. The molecule has 0 saturated carbocycles. The van der Waals surface area contributed by atoms with Crippen LogP contribution in [0.2, 0.25) is 0 Å². The van der Waals surface area contributed by atoms with Crippen LogP contribution in [0, 0.1) is 11.3 Å². The van der Waals surface area contributed by atoms with E-state index in [1.807, 2.05) is 66.7 Å². The number of hydrogen-bond acceptors (Lipinski definition) is 2. The molecule has 3 aromatic rings. The molecule has 0 fully saturated rings. The Kier molecular flexibility index (Phi) is 4.22. The molecule has 0 atom stereocenters. The second-order valence-corrected chi connectivity index (χ2v) is 5.66. The first kappa shape index (κ1) is 14.4. The van der Waals surface area contributed by atoms with Gasteiger partial charge in [-0.05, 0) is 35.9 Å². The fourth-order valence-electron chi connectivity index (χ4n) is 2.14. The molecule has 0 spiro atoms. The average Bonchev–Trinajstić information content (AvgIpc) is 3.03. The first-order chi connectivity index (χ1) is 10.8. The van der Waals surface area contributed by atoms with Crippen LogP contribution < -0.4 is 0 Å². The fourth-order valence-corrected chi connectivity index (χ4v) is 2.40. The molecule has 0 aliphatic rings. The van der Waals surface area contributed by atoms with E-state index in [1.165, 1.54) is 0 Å². The van der Waals surface area contributed by atoms with Crippen LogP contribution >= 0.6 is 15.9 Å². The van der Waals surface area contributed by atoms with Crippen molar-refractivity contribution in [1.29, 1.82) is 5.26 Å². The highest BCUT2D eigenvalue weighted by Crippen LogP contribution is 2.26. The molecule has 0 bridgehead atoms. The maximum atomic E-state index is 9.33. The summed E-state index contributed by atoms with van der Waals surface area (Å²) in [6.45, 7) is 0. The summed E-state index contributed by atoms with van der Waals surface area (Å²) in [7, 11) is 0. The van der Waals surface area contributed by atoms with E-state index in [1.54, 1.807) is 6.08 Å². The van der Waals surface area contributed by atoms with Crippen LogP contribution in [0.25, 0.3) is 23.0 Å². The first-order valence-corrected chi connectivity index (χ1v) is 7.58. The molecule has 3 rings (SSSR count). The van der Waals surface area contributed by atoms with Crippen LogP contribution in [0.3, 0.4) is 0 Å².